The minimum atomic E-state index is -0.550. The molecule has 192 valence electrons. The Hall–Kier alpha value is -2.29. The Labute approximate surface area is 202 Å². The van der Waals surface area contributed by atoms with E-state index >= 15 is 0 Å². The number of esters is 3. The van der Waals surface area contributed by atoms with Crippen LogP contribution in [-0.2, 0) is 19.0 Å². The molecule has 1 atom stereocenters. The van der Waals surface area contributed by atoms with E-state index in [4.69, 9.17) is 19.7 Å². The van der Waals surface area contributed by atoms with Gasteiger partial charge in [0.05, 0.1) is 30.9 Å². The van der Waals surface area contributed by atoms with Gasteiger partial charge in [0.15, 0.2) is 0 Å². The Bertz CT molecular complexity index is 751. The summed E-state index contributed by atoms with van der Waals surface area (Å²) < 4.78 is 14.4. The molecule has 0 spiro atoms. The number of rotatable bonds is 9. The monoisotopic (exact) mass is 480 g/mol. The Morgan fingerprint density at radius 2 is 1.50 bits per heavy atom. The van der Waals surface area contributed by atoms with Gasteiger partial charge in [-0.1, -0.05) is 59.6 Å². The minimum Gasteiger partial charge on any atom is -0.463 e. The molecule has 8 heteroatoms. The first-order valence-electron chi connectivity index (χ1n) is 11.7. The predicted octanol–water partition coefficient (Wildman–Crippen LogP) is 3.92. The number of carbonyl (C=O) groups excluding carboxylic acids is 3. The van der Waals surface area contributed by atoms with E-state index in [0.29, 0.717) is 29.6 Å². The maximum atomic E-state index is 11.3. The van der Waals surface area contributed by atoms with Crippen LogP contribution < -0.4 is 0 Å². The molecule has 1 fully saturated rings. The van der Waals surface area contributed by atoms with E-state index < -0.39 is 11.9 Å². The lowest BCUT2D eigenvalue weighted by Gasteiger charge is -2.17. The smallest absolute Gasteiger partial charge is 0.346 e. The summed E-state index contributed by atoms with van der Waals surface area (Å²) in [5, 5.41) is 16.9. The number of aliphatic hydroxyl groups is 2. The van der Waals surface area contributed by atoms with E-state index in [1.54, 1.807) is 38.1 Å². The van der Waals surface area contributed by atoms with Gasteiger partial charge in [0, 0.05) is 11.8 Å². The topological polar surface area (TPSA) is 123 Å². The molecule has 0 radical (unpaired) electrons. The van der Waals surface area contributed by atoms with Crippen molar-refractivity contribution in [2.45, 2.75) is 72.8 Å². The molecule has 0 bridgehead atoms. The fraction of sp³-hybridized carbons (Fsp3) is 0.654. The van der Waals surface area contributed by atoms with E-state index in [1.165, 1.54) is 12.8 Å². The zero-order valence-electron chi connectivity index (χ0n) is 21.1. The highest BCUT2D eigenvalue weighted by atomic mass is 16.6. The molecule has 2 aliphatic heterocycles. The van der Waals surface area contributed by atoms with Crippen LogP contribution in [0.25, 0.3) is 0 Å². The highest BCUT2D eigenvalue weighted by Gasteiger charge is 2.28. The van der Waals surface area contributed by atoms with Crippen molar-refractivity contribution in [3.63, 3.8) is 0 Å². The summed E-state index contributed by atoms with van der Waals surface area (Å²) in [6.45, 7) is 11.6. The summed E-state index contributed by atoms with van der Waals surface area (Å²) in [7, 11) is 0. The molecule has 1 saturated heterocycles. The molecule has 1 aromatic carbocycles. The molecule has 0 aliphatic carbocycles. The van der Waals surface area contributed by atoms with Gasteiger partial charge in [-0.15, -0.1) is 0 Å². The van der Waals surface area contributed by atoms with Gasteiger partial charge in [-0.3, -0.25) is 4.79 Å². The summed E-state index contributed by atoms with van der Waals surface area (Å²) >= 11 is 0. The minimum absolute atomic E-state index is 0.0451. The average molecular weight is 481 g/mol. The van der Waals surface area contributed by atoms with Gasteiger partial charge in [0.1, 0.15) is 12.7 Å². The van der Waals surface area contributed by atoms with E-state index in [1.807, 2.05) is 0 Å². The van der Waals surface area contributed by atoms with Crippen LogP contribution in [-0.4, -0.2) is 60.7 Å². The number of benzene rings is 1. The number of fused-ring (bicyclic) bond motifs is 1. The largest absolute Gasteiger partial charge is 0.463 e. The molecule has 0 amide bonds. The first-order chi connectivity index (χ1) is 15.9. The van der Waals surface area contributed by atoms with Gasteiger partial charge in [0.25, 0.3) is 0 Å². The molecule has 1 aromatic rings. The number of epoxide rings is 1. The lowest BCUT2D eigenvalue weighted by Crippen LogP contribution is -2.20. The Morgan fingerprint density at radius 3 is 1.91 bits per heavy atom. The van der Waals surface area contributed by atoms with Crippen LogP contribution in [0.1, 0.15) is 87.4 Å². The summed E-state index contributed by atoms with van der Waals surface area (Å²) in [6, 6.07) is 6.53. The zero-order valence-corrected chi connectivity index (χ0v) is 21.1. The number of hydrogen-bond donors (Lipinski definition) is 2. The fourth-order valence-electron chi connectivity index (χ4n) is 2.61. The lowest BCUT2D eigenvalue weighted by atomic mass is 9.89. The van der Waals surface area contributed by atoms with Crippen molar-refractivity contribution < 1.29 is 38.8 Å². The van der Waals surface area contributed by atoms with Crippen LogP contribution in [0.3, 0.4) is 0 Å². The number of hydrogen-bond acceptors (Lipinski definition) is 8. The zero-order chi connectivity index (χ0) is 25.8. The van der Waals surface area contributed by atoms with E-state index in [2.05, 4.69) is 25.5 Å². The van der Waals surface area contributed by atoms with Crippen LogP contribution in [0, 0.1) is 10.8 Å². The lowest BCUT2D eigenvalue weighted by molar-refractivity contribution is -0.144. The molecule has 2 heterocycles. The molecule has 0 saturated carbocycles. The molecule has 34 heavy (non-hydrogen) atoms. The molecule has 8 nitrogen and oxygen atoms in total. The quantitative estimate of drug-likeness (QED) is 0.236. The summed E-state index contributed by atoms with van der Waals surface area (Å²) in [5.74, 6) is -1.18. The molecule has 2 aliphatic rings. The molecular weight excluding hydrogens is 440 g/mol. The first kappa shape index (κ1) is 29.7. The molecule has 1 unspecified atom stereocenters. The van der Waals surface area contributed by atoms with Crippen molar-refractivity contribution in [3.8, 4) is 0 Å². The SMILES string of the molecule is CC(C)(C)CCCCCC(=O)OCC1CO1.CC(C)(CO)CO.O=C1OC(=O)c2ccccc21. The second-order valence-electron chi connectivity index (χ2n) is 10.5. The van der Waals surface area contributed by atoms with Crippen LogP contribution >= 0.6 is 0 Å². The van der Waals surface area contributed by atoms with Crippen LogP contribution in [0.2, 0.25) is 0 Å². The van der Waals surface area contributed by atoms with Crippen LogP contribution in [0.4, 0.5) is 0 Å². The van der Waals surface area contributed by atoms with Crippen molar-refractivity contribution in [1.29, 1.82) is 0 Å². The average Bonchev–Trinajstić information content (AvgIpc) is 3.57. The van der Waals surface area contributed by atoms with Gasteiger partial charge in [-0.2, -0.15) is 0 Å². The fourth-order valence-corrected chi connectivity index (χ4v) is 2.61. The van der Waals surface area contributed by atoms with Gasteiger partial charge in [0.2, 0.25) is 0 Å². The third-order valence-electron chi connectivity index (χ3n) is 5.05. The summed E-state index contributed by atoms with van der Waals surface area (Å²) in [4.78, 5) is 32.9. The molecule has 2 N–H and O–H groups in total. The molecule has 0 aromatic heterocycles. The first-order valence-corrected chi connectivity index (χ1v) is 11.7. The van der Waals surface area contributed by atoms with Crippen LogP contribution in [0.5, 0.6) is 0 Å². The Kier molecular flexibility index (Phi) is 12.4. The highest BCUT2D eigenvalue weighted by molar-refractivity contribution is 6.14. The third-order valence-corrected chi connectivity index (χ3v) is 5.05. The summed E-state index contributed by atoms with van der Waals surface area (Å²) in [5.41, 5.74) is 0.819. The predicted molar refractivity (Wildman–Crippen MR) is 127 cm³/mol. The van der Waals surface area contributed by atoms with Gasteiger partial charge < -0.3 is 24.4 Å². The Balaban J connectivity index is 0.000000278. The number of ether oxygens (including phenoxy) is 3. The second-order valence-corrected chi connectivity index (χ2v) is 10.5. The van der Waals surface area contributed by atoms with E-state index in [9.17, 15) is 14.4 Å². The highest BCUT2D eigenvalue weighted by Crippen LogP contribution is 2.22. The van der Waals surface area contributed by atoms with Crippen LogP contribution in [0.15, 0.2) is 24.3 Å². The van der Waals surface area contributed by atoms with Crippen molar-refractivity contribution in [3.05, 3.63) is 35.4 Å². The van der Waals surface area contributed by atoms with E-state index in [0.717, 1.165) is 19.4 Å². The van der Waals surface area contributed by atoms with Gasteiger partial charge in [-0.05, 0) is 30.4 Å². The van der Waals surface area contributed by atoms with Crippen molar-refractivity contribution in [1.82, 2.24) is 0 Å². The number of carbonyl (C=O) groups is 3. The number of unbranched alkanes of at least 4 members (excludes halogenated alkanes) is 2. The number of aliphatic hydroxyl groups excluding tert-OH is 2. The normalized spacial score (nSPS) is 16.4. The van der Waals surface area contributed by atoms with Crippen molar-refractivity contribution in [2.75, 3.05) is 26.4 Å². The summed E-state index contributed by atoms with van der Waals surface area (Å²) in [6.07, 6.45) is 5.22. The van der Waals surface area contributed by atoms with E-state index in [-0.39, 0.29) is 30.7 Å². The maximum absolute atomic E-state index is 11.3. The van der Waals surface area contributed by atoms with Crippen molar-refractivity contribution in [2.24, 2.45) is 10.8 Å². The molecular formula is C26H40O8. The standard InChI is InChI=1S/C13H24O3.C8H4O3.C5H12O2/c1-13(2,3)8-6-4-5-7-12(14)16-10-11-9-15-11;9-7-5-3-1-2-4-6(5)8(10)11-7;1-5(2,3-6)4-7/h11H,4-10H2,1-3H3;1-4H;6-7H,3-4H2,1-2H3. The Morgan fingerprint density at radius 1 is 0.971 bits per heavy atom. The number of cyclic esters (lactones) is 2. The molecule has 3 rings (SSSR count). The van der Waals surface area contributed by atoms with Gasteiger partial charge in [-0.25, -0.2) is 9.59 Å². The third kappa shape index (κ3) is 12.8. The maximum Gasteiger partial charge on any atom is 0.346 e. The second kappa shape index (κ2) is 14.2. The van der Waals surface area contributed by atoms with Gasteiger partial charge >= 0.3 is 17.9 Å². The van der Waals surface area contributed by atoms with Crippen molar-refractivity contribution >= 4 is 17.9 Å².